The minimum Gasteiger partial charge on any atom is -0.376 e. The van der Waals surface area contributed by atoms with Crippen molar-refractivity contribution >= 4 is 11.8 Å². The molecule has 0 radical (unpaired) electrons. The molecule has 2 heterocycles. The molecule has 0 unspecified atom stereocenters. The van der Waals surface area contributed by atoms with Crippen molar-refractivity contribution in [2.24, 2.45) is 0 Å². The first-order valence-corrected chi connectivity index (χ1v) is 9.10. The Bertz CT molecular complexity index is 676. The molecular weight excluding hydrogens is 323 g/mol. The zero-order valence-electron chi connectivity index (χ0n) is 14.1. The summed E-state index contributed by atoms with van der Waals surface area (Å²) in [6.45, 7) is 0.628. The number of ether oxygens (including phenoxy) is 1. The van der Waals surface area contributed by atoms with Gasteiger partial charge < -0.3 is 15.0 Å². The Labute approximate surface area is 146 Å². The molecule has 1 N–H and O–H groups in total. The standard InChI is InChI=1S/C19H23FN2O3/c20-14-4-2-1-3-12(14)5-8-18(23)22-15-9-10-25-17(15)11-16(22)19(24)21-13-6-7-13/h1-4,13,15-17H,5-11H2,(H,21,24)/t15-,16-,17-/m0/s1. The maximum Gasteiger partial charge on any atom is 0.243 e. The van der Waals surface area contributed by atoms with E-state index in [2.05, 4.69) is 5.32 Å². The molecule has 2 saturated heterocycles. The highest BCUT2D eigenvalue weighted by molar-refractivity contribution is 5.89. The lowest BCUT2D eigenvalue weighted by Crippen LogP contribution is -2.49. The molecule has 134 valence electrons. The molecular formula is C19H23FN2O3. The quantitative estimate of drug-likeness (QED) is 0.884. The summed E-state index contributed by atoms with van der Waals surface area (Å²) in [7, 11) is 0. The molecule has 1 aromatic rings. The Morgan fingerprint density at radius 2 is 2.04 bits per heavy atom. The average Bonchev–Trinajstić information content (AvgIpc) is 3.16. The van der Waals surface area contributed by atoms with Crippen LogP contribution in [0.3, 0.4) is 0 Å². The fourth-order valence-corrected chi connectivity index (χ4v) is 3.93. The van der Waals surface area contributed by atoms with Crippen LogP contribution in [0.25, 0.3) is 0 Å². The molecule has 0 bridgehead atoms. The van der Waals surface area contributed by atoms with Crippen LogP contribution in [0.1, 0.15) is 37.7 Å². The van der Waals surface area contributed by atoms with Crippen LogP contribution >= 0.6 is 0 Å². The van der Waals surface area contributed by atoms with E-state index in [9.17, 15) is 14.0 Å². The number of amides is 2. The summed E-state index contributed by atoms with van der Waals surface area (Å²) in [6, 6.07) is 6.30. The van der Waals surface area contributed by atoms with E-state index in [4.69, 9.17) is 4.74 Å². The third-order valence-corrected chi connectivity index (χ3v) is 5.40. The number of benzene rings is 1. The van der Waals surface area contributed by atoms with Crippen molar-refractivity contribution in [2.45, 2.75) is 62.8 Å². The normalized spacial score (nSPS) is 28.0. The van der Waals surface area contributed by atoms with Crippen molar-refractivity contribution in [3.8, 4) is 0 Å². The minimum atomic E-state index is -0.455. The molecule has 5 nitrogen and oxygen atoms in total. The lowest BCUT2D eigenvalue weighted by molar-refractivity contribution is -0.140. The van der Waals surface area contributed by atoms with Gasteiger partial charge in [0.15, 0.2) is 0 Å². The Morgan fingerprint density at radius 1 is 1.24 bits per heavy atom. The van der Waals surface area contributed by atoms with Crippen LogP contribution < -0.4 is 5.32 Å². The molecule has 1 aliphatic carbocycles. The number of fused-ring (bicyclic) bond motifs is 1. The molecule has 2 amide bonds. The predicted molar refractivity (Wildman–Crippen MR) is 89.3 cm³/mol. The molecule has 0 aromatic heterocycles. The summed E-state index contributed by atoms with van der Waals surface area (Å²) in [4.78, 5) is 27.1. The van der Waals surface area contributed by atoms with Crippen molar-refractivity contribution in [2.75, 3.05) is 6.61 Å². The van der Waals surface area contributed by atoms with Gasteiger partial charge in [-0.3, -0.25) is 9.59 Å². The molecule has 2 aliphatic heterocycles. The van der Waals surface area contributed by atoms with Gasteiger partial charge in [-0.15, -0.1) is 0 Å². The van der Waals surface area contributed by atoms with E-state index < -0.39 is 6.04 Å². The molecule has 0 spiro atoms. The molecule has 4 rings (SSSR count). The van der Waals surface area contributed by atoms with E-state index in [1.165, 1.54) is 6.07 Å². The summed E-state index contributed by atoms with van der Waals surface area (Å²) < 4.78 is 19.5. The Morgan fingerprint density at radius 3 is 2.80 bits per heavy atom. The lowest BCUT2D eigenvalue weighted by atomic mass is 10.1. The Hall–Kier alpha value is -1.95. The summed E-state index contributed by atoms with van der Waals surface area (Å²) in [5.41, 5.74) is 0.535. The van der Waals surface area contributed by atoms with Gasteiger partial charge in [0.1, 0.15) is 11.9 Å². The molecule has 3 aliphatic rings. The van der Waals surface area contributed by atoms with Gasteiger partial charge in [0, 0.05) is 25.5 Å². The van der Waals surface area contributed by atoms with Crippen LogP contribution in [0, 0.1) is 5.82 Å². The number of rotatable bonds is 5. The molecule has 25 heavy (non-hydrogen) atoms. The number of nitrogens with zero attached hydrogens (tertiary/aromatic N) is 1. The number of carbonyl (C=O) groups is 2. The van der Waals surface area contributed by atoms with Crippen LogP contribution in [-0.4, -0.2) is 47.6 Å². The van der Waals surface area contributed by atoms with Gasteiger partial charge in [-0.25, -0.2) is 4.39 Å². The second kappa shape index (κ2) is 6.75. The first-order chi connectivity index (χ1) is 12.1. The van der Waals surface area contributed by atoms with E-state index >= 15 is 0 Å². The van der Waals surface area contributed by atoms with Crippen molar-refractivity contribution in [1.29, 1.82) is 0 Å². The van der Waals surface area contributed by atoms with Crippen molar-refractivity contribution in [3.63, 3.8) is 0 Å². The van der Waals surface area contributed by atoms with Crippen LogP contribution in [-0.2, 0) is 20.7 Å². The zero-order valence-corrected chi connectivity index (χ0v) is 14.1. The van der Waals surface area contributed by atoms with Crippen LogP contribution in [0.2, 0.25) is 0 Å². The van der Waals surface area contributed by atoms with Crippen LogP contribution in [0.4, 0.5) is 4.39 Å². The van der Waals surface area contributed by atoms with Gasteiger partial charge in [0.05, 0.1) is 12.1 Å². The lowest BCUT2D eigenvalue weighted by Gasteiger charge is -2.28. The van der Waals surface area contributed by atoms with Crippen LogP contribution in [0.15, 0.2) is 24.3 Å². The van der Waals surface area contributed by atoms with Crippen molar-refractivity contribution < 1.29 is 18.7 Å². The molecule has 6 heteroatoms. The molecule has 3 atom stereocenters. The van der Waals surface area contributed by atoms with E-state index in [1.807, 2.05) is 0 Å². The van der Waals surface area contributed by atoms with Gasteiger partial charge >= 0.3 is 0 Å². The topological polar surface area (TPSA) is 58.6 Å². The van der Waals surface area contributed by atoms with Crippen molar-refractivity contribution in [1.82, 2.24) is 10.2 Å². The van der Waals surface area contributed by atoms with Gasteiger partial charge in [-0.1, -0.05) is 18.2 Å². The SMILES string of the molecule is O=C(NC1CC1)[C@@H]1C[C@@H]2OCC[C@@H]2N1C(=O)CCc1ccccc1F. The molecule has 3 fully saturated rings. The highest BCUT2D eigenvalue weighted by Gasteiger charge is 2.49. The first-order valence-electron chi connectivity index (χ1n) is 9.10. The van der Waals surface area contributed by atoms with Gasteiger partial charge in [-0.2, -0.15) is 0 Å². The van der Waals surface area contributed by atoms with E-state index in [0.717, 1.165) is 19.3 Å². The van der Waals surface area contributed by atoms with E-state index in [0.29, 0.717) is 25.0 Å². The first kappa shape index (κ1) is 16.5. The van der Waals surface area contributed by atoms with E-state index in [-0.39, 0.29) is 42.2 Å². The second-order valence-electron chi connectivity index (χ2n) is 7.19. The highest BCUT2D eigenvalue weighted by atomic mass is 19.1. The minimum absolute atomic E-state index is 0.0249. The smallest absolute Gasteiger partial charge is 0.243 e. The predicted octanol–water partition coefficient (Wildman–Crippen LogP) is 1.80. The maximum atomic E-state index is 13.8. The molecule has 1 aromatic carbocycles. The van der Waals surface area contributed by atoms with Gasteiger partial charge in [0.2, 0.25) is 11.8 Å². The number of carbonyl (C=O) groups excluding carboxylic acids is 2. The van der Waals surface area contributed by atoms with Crippen molar-refractivity contribution in [3.05, 3.63) is 35.6 Å². The van der Waals surface area contributed by atoms with Gasteiger partial charge in [0.25, 0.3) is 0 Å². The zero-order chi connectivity index (χ0) is 17.4. The van der Waals surface area contributed by atoms with Gasteiger partial charge in [-0.05, 0) is 37.3 Å². The summed E-state index contributed by atoms with van der Waals surface area (Å²) in [5, 5.41) is 3.00. The number of aryl methyl sites for hydroxylation is 1. The highest BCUT2D eigenvalue weighted by Crippen LogP contribution is 2.35. The number of halogens is 1. The number of nitrogens with one attached hydrogen (secondary N) is 1. The number of hydrogen-bond acceptors (Lipinski definition) is 3. The maximum absolute atomic E-state index is 13.8. The Kier molecular flexibility index (Phi) is 4.46. The fraction of sp³-hybridized carbons (Fsp3) is 0.579. The Balaban J connectivity index is 1.45. The third kappa shape index (κ3) is 3.40. The third-order valence-electron chi connectivity index (χ3n) is 5.40. The average molecular weight is 346 g/mol. The largest absolute Gasteiger partial charge is 0.376 e. The molecule has 1 saturated carbocycles. The monoisotopic (exact) mass is 346 g/mol. The number of likely N-dealkylation sites (tertiary alicyclic amines) is 1. The summed E-state index contributed by atoms with van der Waals surface area (Å²) in [5.74, 6) is -0.446. The second-order valence-corrected chi connectivity index (χ2v) is 7.19. The fourth-order valence-electron chi connectivity index (χ4n) is 3.93. The summed E-state index contributed by atoms with van der Waals surface area (Å²) >= 11 is 0. The summed E-state index contributed by atoms with van der Waals surface area (Å²) in [6.07, 6.45) is 3.87. The number of hydrogen-bond donors (Lipinski definition) is 1. The van der Waals surface area contributed by atoms with Crippen LogP contribution in [0.5, 0.6) is 0 Å². The van der Waals surface area contributed by atoms with E-state index in [1.54, 1.807) is 23.1 Å².